The molecule has 1 aromatic rings. The normalized spacial score (nSPS) is 22.4. The van der Waals surface area contributed by atoms with Crippen LogP contribution in [0.25, 0.3) is 0 Å². The third-order valence-electron chi connectivity index (χ3n) is 4.54. The highest BCUT2D eigenvalue weighted by Gasteiger charge is 2.30. The fraction of sp³-hybridized carbons (Fsp3) is 0.562. The summed E-state index contributed by atoms with van der Waals surface area (Å²) in [7, 11) is 0. The summed E-state index contributed by atoms with van der Waals surface area (Å²) in [4.78, 5) is 16.8. The number of hydrogen-bond donors (Lipinski definition) is 1. The van der Waals surface area contributed by atoms with Crippen molar-refractivity contribution in [3.63, 3.8) is 0 Å². The van der Waals surface area contributed by atoms with E-state index in [1.54, 1.807) is 11.8 Å². The molecule has 24 heavy (non-hydrogen) atoms. The molecule has 0 bridgehead atoms. The standard InChI is InChI=1S/C16H22ClN3OS.2ClH/c1-12(13-4-2-3-5-14(13)17)19-6-8-20(9-7-19)16(21)15-10-22-11-18-15;;/h2-5,12,15,18H,6-11H2,1H3;2*1H. The van der Waals surface area contributed by atoms with Gasteiger partial charge in [-0.1, -0.05) is 29.8 Å². The van der Waals surface area contributed by atoms with E-state index in [4.69, 9.17) is 11.6 Å². The lowest BCUT2D eigenvalue weighted by atomic mass is 10.1. The van der Waals surface area contributed by atoms with Gasteiger partial charge in [0, 0.05) is 48.9 Å². The number of carbonyl (C=O) groups is 1. The number of thioether (sulfide) groups is 1. The minimum atomic E-state index is 0. The Morgan fingerprint density at radius 2 is 1.92 bits per heavy atom. The number of benzene rings is 1. The Labute approximate surface area is 165 Å². The van der Waals surface area contributed by atoms with Crippen molar-refractivity contribution < 1.29 is 4.79 Å². The minimum absolute atomic E-state index is 0. The molecule has 2 unspecified atom stereocenters. The fourth-order valence-electron chi connectivity index (χ4n) is 3.11. The van der Waals surface area contributed by atoms with E-state index < -0.39 is 0 Å². The van der Waals surface area contributed by atoms with Gasteiger partial charge < -0.3 is 4.90 Å². The highest BCUT2D eigenvalue weighted by molar-refractivity contribution is 7.99. The number of piperazine rings is 1. The van der Waals surface area contributed by atoms with Gasteiger partial charge in [-0.25, -0.2) is 0 Å². The summed E-state index contributed by atoms with van der Waals surface area (Å²) in [5.41, 5.74) is 1.16. The summed E-state index contributed by atoms with van der Waals surface area (Å²) in [5, 5.41) is 4.08. The quantitative estimate of drug-likeness (QED) is 0.827. The topological polar surface area (TPSA) is 35.6 Å². The van der Waals surface area contributed by atoms with E-state index in [0.717, 1.165) is 48.4 Å². The zero-order chi connectivity index (χ0) is 15.5. The van der Waals surface area contributed by atoms with Crippen LogP contribution in [0.4, 0.5) is 0 Å². The van der Waals surface area contributed by atoms with E-state index in [-0.39, 0.29) is 42.8 Å². The maximum absolute atomic E-state index is 12.4. The molecule has 2 saturated heterocycles. The lowest BCUT2D eigenvalue weighted by molar-refractivity contribution is -0.134. The molecule has 1 amide bonds. The molecule has 0 spiro atoms. The van der Waals surface area contributed by atoms with Crippen LogP contribution in [0, 0.1) is 0 Å². The zero-order valence-electron chi connectivity index (χ0n) is 13.6. The molecule has 8 heteroatoms. The molecule has 0 aromatic heterocycles. The van der Waals surface area contributed by atoms with E-state index in [2.05, 4.69) is 23.2 Å². The molecule has 4 nitrogen and oxygen atoms in total. The summed E-state index contributed by atoms with van der Waals surface area (Å²) >= 11 is 8.10. The summed E-state index contributed by atoms with van der Waals surface area (Å²) in [6.07, 6.45) is 0. The van der Waals surface area contributed by atoms with Gasteiger partial charge in [0.1, 0.15) is 0 Å². The average Bonchev–Trinajstić information content (AvgIpc) is 3.09. The van der Waals surface area contributed by atoms with Gasteiger partial charge in [-0.05, 0) is 18.6 Å². The second-order valence-electron chi connectivity index (χ2n) is 5.83. The van der Waals surface area contributed by atoms with Crippen LogP contribution < -0.4 is 5.32 Å². The number of carbonyl (C=O) groups excluding carboxylic acids is 1. The highest BCUT2D eigenvalue weighted by atomic mass is 35.5. The van der Waals surface area contributed by atoms with Crippen LogP contribution in [-0.4, -0.2) is 59.6 Å². The molecule has 2 atom stereocenters. The van der Waals surface area contributed by atoms with Crippen LogP contribution in [0.2, 0.25) is 5.02 Å². The van der Waals surface area contributed by atoms with Crippen molar-refractivity contribution >= 4 is 54.1 Å². The van der Waals surface area contributed by atoms with Gasteiger partial charge in [-0.2, -0.15) is 0 Å². The SMILES string of the molecule is CC(c1ccccc1Cl)N1CCN(C(=O)C2CSCN2)CC1.Cl.Cl. The van der Waals surface area contributed by atoms with Crippen LogP contribution >= 0.6 is 48.2 Å². The van der Waals surface area contributed by atoms with Gasteiger partial charge in [0.05, 0.1) is 6.04 Å². The Balaban J connectivity index is 0.00000144. The van der Waals surface area contributed by atoms with Crippen molar-refractivity contribution in [3.05, 3.63) is 34.9 Å². The molecular weight excluding hydrogens is 389 g/mol. The summed E-state index contributed by atoms with van der Waals surface area (Å²) in [6, 6.07) is 8.31. The molecule has 3 rings (SSSR count). The van der Waals surface area contributed by atoms with Crippen molar-refractivity contribution in [2.75, 3.05) is 37.8 Å². The second-order valence-corrected chi connectivity index (χ2v) is 7.27. The Morgan fingerprint density at radius 1 is 1.25 bits per heavy atom. The Bertz CT molecular complexity index is 535. The maximum atomic E-state index is 12.4. The van der Waals surface area contributed by atoms with Crippen LogP contribution in [-0.2, 0) is 4.79 Å². The number of nitrogens with one attached hydrogen (secondary N) is 1. The van der Waals surface area contributed by atoms with Crippen molar-refractivity contribution in [3.8, 4) is 0 Å². The minimum Gasteiger partial charge on any atom is -0.339 e. The molecule has 1 N–H and O–H groups in total. The number of hydrogen-bond acceptors (Lipinski definition) is 4. The maximum Gasteiger partial charge on any atom is 0.240 e. The molecule has 0 aliphatic carbocycles. The summed E-state index contributed by atoms with van der Waals surface area (Å²) < 4.78 is 0. The zero-order valence-corrected chi connectivity index (χ0v) is 16.8. The second kappa shape index (κ2) is 10.1. The molecular formula is C16H24Cl3N3OS. The van der Waals surface area contributed by atoms with Crippen LogP contribution in [0.5, 0.6) is 0 Å². The predicted molar refractivity (Wildman–Crippen MR) is 107 cm³/mol. The number of rotatable bonds is 3. The Kier molecular flexibility index (Phi) is 9.20. The molecule has 2 aliphatic heterocycles. The molecule has 0 saturated carbocycles. The van der Waals surface area contributed by atoms with Gasteiger partial charge in [0.25, 0.3) is 0 Å². The van der Waals surface area contributed by atoms with Crippen molar-refractivity contribution in [1.82, 2.24) is 15.1 Å². The van der Waals surface area contributed by atoms with Gasteiger partial charge in [0.2, 0.25) is 5.91 Å². The first-order valence-electron chi connectivity index (χ1n) is 7.75. The Hall–Kier alpha value is -0.170. The number of amides is 1. The first-order valence-corrected chi connectivity index (χ1v) is 9.28. The lowest BCUT2D eigenvalue weighted by Crippen LogP contribution is -2.53. The third kappa shape index (κ3) is 4.93. The Morgan fingerprint density at radius 3 is 2.50 bits per heavy atom. The predicted octanol–water partition coefficient (Wildman–Crippen LogP) is 3.05. The largest absolute Gasteiger partial charge is 0.339 e. The molecule has 2 heterocycles. The van der Waals surface area contributed by atoms with Gasteiger partial charge in [-0.3, -0.25) is 15.0 Å². The van der Waals surface area contributed by atoms with Crippen LogP contribution in [0.3, 0.4) is 0 Å². The van der Waals surface area contributed by atoms with E-state index in [0.29, 0.717) is 0 Å². The molecule has 0 radical (unpaired) electrons. The van der Waals surface area contributed by atoms with E-state index in [9.17, 15) is 4.79 Å². The summed E-state index contributed by atoms with van der Waals surface area (Å²) in [6.45, 7) is 5.59. The van der Waals surface area contributed by atoms with E-state index >= 15 is 0 Å². The molecule has 2 fully saturated rings. The van der Waals surface area contributed by atoms with Gasteiger partial charge in [0.15, 0.2) is 0 Å². The first kappa shape index (κ1) is 21.9. The van der Waals surface area contributed by atoms with Gasteiger partial charge in [-0.15, -0.1) is 36.6 Å². The van der Waals surface area contributed by atoms with Gasteiger partial charge >= 0.3 is 0 Å². The van der Waals surface area contributed by atoms with Crippen molar-refractivity contribution in [2.45, 2.75) is 19.0 Å². The van der Waals surface area contributed by atoms with Crippen LogP contribution in [0.1, 0.15) is 18.5 Å². The fourth-order valence-corrected chi connectivity index (χ4v) is 4.34. The van der Waals surface area contributed by atoms with E-state index in [1.807, 2.05) is 23.1 Å². The molecule has 136 valence electrons. The van der Waals surface area contributed by atoms with Crippen LogP contribution in [0.15, 0.2) is 24.3 Å². The monoisotopic (exact) mass is 411 g/mol. The van der Waals surface area contributed by atoms with E-state index in [1.165, 1.54) is 0 Å². The average molecular weight is 413 g/mol. The lowest BCUT2D eigenvalue weighted by Gasteiger charge is -2.39. The summed E-state index contributed by atoms with van der Waals surface area (Å²) in [5.74, 6) is 2.05. The van der Waals surface area contributed by atoms with Crippen molar-refractivity contribution in [2.24, 2.45) is 0 Å². The smallest absolute Gasteiger partial charge is 0.240 e. The number of halogens is 3. The molecule has 2 aliphatic rings. The third-order valence-corrected chi connectivity index (χ3v) is 5.83. The highest BCUT2D eigenvalue weighted by Crippen LogP contribution is 2.28. The first-order chi connectivity index (χ1) is 10.7. The number of nitrogens with zero attached hydrogens (tertiary/aromatic N) is 2. The molecule has 1 aromatic carbocycles. The van der Waals surface area contributed by atoms with Crippen molar-refractivity contribution in [1.29, 1.82) is 0 Å².